The molecule has 216 valence electrons. The van der Waals surface area contributed by atoms with Gasteiger partial charge in [0.05, 0.1) is 40.2 Å². The first-order chi connectivity index (χ1) is 20.0. The Hall–Kier alpha value is -4.54. The molecule has 0 bridgehead atoms. The van der Waals surface area contributed by atoms with E-state index >= 15 is 0 Å². The SMILES string of the molecule is CC(C)(C)n1ncc(C(=O)Nc2ccc(Cl)c(C(=O)Nc3ccc(N4CCOCC4=O)cc3)c2)c1-c1ccc(F)cc1. The quantitative estimate of drug-likeness (QED) is 0.288. The van der Waals surface area contributed by atoms with E-state index in [9.17, 15) is 18.8 Å². The Balaban J connectivity index is 1.35. The number of anilines is 3. The number of hydrogen-bond acceptors (Lipinski definition) is 5. The number of hydrogen-bond donors (Lipinski definition) is 2. The van der Waals surface area contributed by atoms with Gasteiger partial charge in [0.15, 0.2) is 0 Å². The molecular formula is C31H29ClFN5O4. The van der Waals surface area contributed by atoms with Gasteiger partial charge < -0.3 is 20.3 Å². The minimum absolute atomic E-state index is 0.0380. The average molecular weight is 590 g/mol. The maximum atomic E-state index is 13.6. The normalized spacial score (nSPS) is 13.6. The van der Waals surface area contributed by atoms with Crippen LogP contribution in [0.25, 0.3) is 11.3 Å². The molecule has 0 saturated carbocycles. The minimum Gasteiger partial charge on any atom is -0.370 e. The van der Waals surface area contributed by atoms with Gasteiger partial charge in [0, 0.05) is 29.2 Å². The molecule has 1 aliphatic rings. The number of amides is 3. The summed E-state index contributed by atoms with van der Waals surface area (Å²) in [6.45, 7) is 6.82. The van der Waals surface area contributed by atoms with Crippen molar-refractivity contribution < 1.29 is 23.5 Å². The predicted octanol–water partition coefficient (Wildman–Crippen LogP) is 5.97. The molecule has 2 heterocycles. The van der Waals surface area contributed by atoms with Crippen LogP contribution in [0.15, 0.2) is 72.9 Å². The monoisotopic (exact) mass is 589 g/mol. The molecule has 0 unspecified atom stereocenters. The molecule has 0 radical (unpaired) electrons. The highest BCUT2D eigenvalue weighted by molar-refractivity contribution is 6.34. The van der Waals surface area contributed by atoms with E-state index in [-0.39, 0.29) is 34.5 Å². The molecule has 5 rings (SSSR count). The Morgan fingerprint density at radius 1 is 0.929 bits per heavy atom. The highest BCUT2D eigenvalue weighted by Gasteiger charge is 2.26. The van der Waals surface area contributed by atoms with Crippen molar-refractivity contribution in [1.82, 2.24) is 9.78 Å². The minimum atomic E-state index is -0.473. The fourth-order valence-electron chi connectivity index (χ4n) is 4.60. The van der Waals surface area contributed by atoms with Crippen LogP contribution in [0.3, 0.4) is 0 Å². The molecule has 1 fully saturated rings. The molecule has 1 aliphatic heterocycles. The molecule has 0 atom stereocenters. The third-order valence-corrected chi connectivity index (χ3v) is 6.99. The summed E-state index contributed by atoms with van der Waals surface area (Å²) < 4.78 is 20.5. The van der Waals surface area contributed by atoms with E-state index in [0.717, 1.165) is 0 Å². The summed E-state index contributed by atoms with van der Waals surface area (Å²) in [5, 5.41) is 10.3. The van der Waals surface area contributed by atoms with Gasteiger partial charge in [-0.15, -0.1) is 0 Å². The molecular weight excluding hydrogens is 561 g/mol. The van der Waals surface area contributed by atoms with Gasteiger partial charge in [-0.05, 0) is 87.5 Å². The largest absolute Gasteiger partial charge is 0.370 e. The van der Waals surface area contributed by atoms with Crippen LogP contribution in [0.5, 0.6) is 0 Å². The first-order valence-electron chi connectivity index (χ1n) is 13.3. The number of aromatic nitrogens is 2. The van der Waals surface area contributed by atoms with Crippen molar-refractivity contribution in [1.29, 1.82) is 0 Å². The van der Waals surface area contributed by atoms with Crippen LogP contribution in [-0.2, 0) is 15.1 Å². The number of rotatable bonds is 6. The second-order valence-corrected chi connectivity index (χ2v) is 11.2. The molecule has 0 spiro atoms. The van der Waals surface area contributed by atoms with Crippen molar-refractivity contribution in [2.45, 2.75) is 26.3 Å². The van der Waals surface area contributed by atoms with E-state index in [0.29, 0.717) is 41.5 Å². The number of halogens is 2. The molecule has 1 aromatic heterocycles. The number of carbonyl (C=O) groups is 3. The van der Waals surface area contributed by atoms with Crippen LogP contribution in [0, 0.1) is 5.82 Å². The number of nitrogens with zero attached hydrogens (tertiary/aromatic N) is 3. The highest BCUT2D eigenvalue weighted by atomic mass is 35.5. The summed E-state index contributed by atoms with van der Waals surface area (Å²) in [5.74, 6) is -1.44. The third kappa shape index (κ3) is 6.19. The zero-order valence-electron chi connectivity index (χ0n) is 23.3. The van der Waals surface area contributed by atoms with Gasteiger partial charge in [0.25, 0.3) is 17.7 Å². The smallest absolute Gasteiger partial charge is 0.259 e. The Kier molecular flexibility index (Phi) is 8.11. The molecule has 1 saturated heterocycles. The zero-order chi connectivity index (χ0) is 30.0. The summed E-state index contributed by atoms with van der Waals surface area (Å²) >= 11 is 6.35. The van der Waals surface area contributed by atoms with Crippen molar-refractivity contribution in [3.05, 3.63) is 94.9 Å². The molecule has 11 heteroatoms. The molecule has 3 aromatic carbocycles. The van der Waals surface area contributed by atoms with Gasteiger partial charge in [0.2, 0.25) is 0 Å². The lowest BCUT2D eigenvalue weighted by atomic mass is 10.0. The molecule has 0 aliphatic carbocycles. The second-order valence-electron chi connectivity index (χ2n) is 10.7. The fourth-order valence-corrected chi connectivity index (χ4v) is 4.80. The molecule has 4 aromatic rings. The molecule has 2 N–H and O–H groups in total. The first-order valence-corrected chi connectivity index (χ1v) is 13.6. The van der Waals surface area contributed by atoms with Gasteiger partial charge in [-0.1, -0.05) is 11.6 Å². The van der Waals surface area contributed by atoms with Crippen LogP contribution in [0.4, 0.5) is 21.5 Å². The lowest BCUT2D eigenvalue weighted by molar-refractivity contribution is -0.125. The number of nitrogens with one attached hydrogen (secondary N) is 2. The predicted molar refractivity (Wildman–Crippen MR) is 160 cm³/mol. The van der Waals surface area contributed by atoms with Crippen LogP contribution in [-0.4, -0.2) is 47.3 Å². The van der Waals surface area contributed by atoms with Crippen molar-refractivity contribution in [2.75, 3.05) is 35.3 Å². The summed E-state index contributed by atoms with van der Waals surface area (Å²) in [4.78, 5) is 40.3. The van der Waals surface area contributed by atoms with E-state index < -0.39 is 17.4 Å². The number of carbonyl (C=O) groups excluding carboxylic acids is 3. The standard InChI is InChI=1S/C31H29ClFN5O4/c1-31(2,3)38-28(19-4-6-20(33)7-5-19)25(17-34-38)30(41)36-22-10-13-26(32)24(16-22)29(40)35-21-8-11-23(12-9-21)37-14-15-42-18-27(37)39/h4-13,16-17H,14-15,18H2,1-3H3,(H,35,40)(H,36,41). The van der Waals surface area contributed by atoms with Crippen molar-refractivity contribution in [2.24, 2.45) is 0 Å². The van der Waals surface area contributed by atoms with Gasteiger partial charge in [0.1, 0.15) is 12.4 Å². The van der Waals surface area contributed by atoms with Gasteiger partial charge >= 0.3 is 0 Å². The van der Waals surface area contributed by atoms with Crippen LogP contribution in [0.1, 0.15) is 41.5 Å². The summed E-state index contributed by atoms with van der Waals surface area (Å²) in [6, 6.07) is 17.3. The van der Waals surface area contributed by atoms with Gasteiger partial charge in [-0.2, -0.15) is 5.10 Å². The van der Waals surface area contributed by atoms with E-state index in [4.69, 9.17) is 16.3 Å². The maximum Gasteiger partial charge on any atom is 0.259 e. The van der Waals surface area contributed by atoms with E-state index in [1.165, 1.54) is 30.5 Å². The van der Waals surface area contributed by atoms with E-state index in [1.54, 1.807) is 52.0 Å². The Bertz CT molecular complexity index is 1650. The van der Waals surface area contributed by atoms with Crippen LogP contribution >= 0.6 is 11.6 Å². The average Bonchev–Trinajstić information content (AvgIpc) is 3.42. The highest BCUT2D eigenvalue weighted by Crippen LogP contribution is 2.30. The maximum absolute atomic E-state index is 13.6. The molecule has 3 amide bonds. The lowest BCUT2D eigenvalue weighted by Gasteiger charge is -2.26. The van der Waals surface area contributed by atoms with Crippen LogP contribution in [0.2, 0.25) is 5.02 Å². The topological polar surface area (TPSA) is 106 Å². The zero-order valence-corrected chi connectivity index (χ0v) is 24.0. The Labute approximate surface area is 247 Å². The number of morpholine rings is 1. The summed E-state index contributed by atoms with van der Waals surface area (Å²) in [6.07, 6.45) is 1.47. The van der Waals surface area contributed by atoms with Crippen molar-refractivity contribution in [3.8, 4) is 11.3 Å². The van der Waals surface area contributed by atoms with Gasteiger partial charge in [-0.25, -0.2) is 4.39 Å². The summed E-state index contributed by atoms with van der Waals surface area (Å²) in [5.41, 5.74) is 2.73. The Morgan fingerprint density at radius 2 is 1.57 bits per heavy atom. The second kappa shape index (κ2) is 11.8. The van der Waals surface area contributed by atoms with Crippen molar-refractivity contribution >= 4 is 46.4 Å². The van der Waals surface area contributed by atoms with E-state index in [1.807, 2.05) is 20.8 Å². The van der Waals surface area contributed by atoms with Crippen molar-refractivity contribution in [3.63, 3.8) is 0 Å². The van der Waals surface area contributed by atoms with Crippen LogP contribution < -0.4 is 15.5 Å². The molecule has 42 heavy (non-hydrogen) atoms. The number of benzene rings is 3. The number of ether oxygens (including phenoxy) is 1. The lowest BCUT2D eigenvalue weighted by Crippen LogP contribution is -2.41. The summed E-state index contributed by atoms with van der Waals surface area (Å²) in [7, 11) is 0. The third-order valence-electron chi connectivity index (χ3n) is 6.66. The molecule has 9 nitrogen and oxygen atoms in total. The first kappa shape index (κ1) is 29.0. The fraction of sp³-hybridized carbons (Fsp3) is 0.226. The Morgan fingerprint density at radius 3 is 2.24 bits per heavy atom. The van der Waals surface area contributed by atoms with Gasteiger partial charge in [-0.3, -0.25) is 19.1 Å². The van der Waals surface area contributed by atoms with E-state index in [2.05, 4.69) is 15.7 Å².